The van der Waals surface area contributed by atoms with Crippen LogP contribution in [0.25, 0.3) is 10.9 Å². The van der Waals surface area contributed by atoms with E-state index in [0.29, 0.717) is 16.2 Å². The van der Waals surface area contributed by atoms with E-state index in [1.54, 1.807) is 32.0 Å². The molecule has 0 saturated heterocycles. The van der Waals surface area contributed by atoms with Crippen molar-refractivity contribution < 1.29 is 9.90 Å². The van der Waals surface area contributed by atoms with Crippen LogP contribution in [0.2, 0.25) is 5.02 Å². The normalized spacial score (nSPS) is 11.6. The number of aromatic nitrogens is 1. The van der Waals surface area contributed by atoms with E-state index < -0.39 is 5.54 Å². The van der Waals surface area contributed by atoms with Crippen molar-refractivity contribution in [2.45, 2.75) is 19.4 Å². The smallest absolute Gasteiger partial charge is 0.270 e. The number of nitrogens with zero attached hydrogens (tertiary/aromatic N) is 1. The van der Waals surface area contributed by atoms with Crippen molar-refractivity contribution in [3.8, 4) is 0 Å². The number of hydrogen-bond donors (Lipinski definition) is 2. The van der Waals surface area contributed by atoms with Crippen molar-refractivity contribution in [2.24, 2.45) is 0 Å². The third-order valence-electron chi connectivity index (χ3n) is 2.73. The fourth-order valence-corrected chi connectivity index (χ4v) is 1.79. The van der Waals surface area contributed by atoms with Crippen LogP contribution in [0.5, 0.6) is 0 Å². The van der Waals surface area contributed by atoms with Gasteiger partial charge in [-0.1, -0.05) is 23.7 Å². The van der Waals surface area contributed by atoms with Crippen LogP contribution >= 0.6 is 11.6 Å². The summed E-state index contributed by atoms with van der Waals surface area (Å²) >= 11 is 5.91. The second-order valence-corrected chi connectivity index (χ2v) is 5.47. The first-order chi connectivity index (χ1) is 8.91. The van der Waals surface area contributed by atoms with Gasteiger partial charge in [0.15, 0.2) is 0 Å². The zero-order chi connectivity index (χ0) is 14.0. The highest BCUT2D eigenvalue weighted by Gasteiger charge is 2.20. The summed E-state index contributed by atoms with van der Waals surface area (Å²) in [4.78, 5) is 16.3. The van der Waals surface area contributed by atoms with Crippen LogP contribution < -0.4 is 5.32 Å². The largest absolute Gasteiger partial charge is 0.394 e. The topological polar surface area (TPSA) is 62.2 Å². The highest BCUT2D eigenvalue weighted by atomic mass is 35.5. The Bertz CT molecular complexity index is 626. The second-order valence-electron chi connectivity index (χ2n) is 5.03. The van der Waals surface area contributed by atoms with Gasteiger partial charge in [-0.2, -0.15) is 0 Å². The number of carbonyl (C=O) groups excluding carboxylic acids is 1. The van der Waals surface area contributed by atoms with Gasteiger partial charge >= 0.3 is 0 Å². The summed E-state index contributed by atoms with van der Waals surface area (Å²) in [5, 5.41) is 13.4. The molecular formula is C14H15ClN2O2. The Morgan fingerprint density at radius 2 is 2.05 bits per heavy atom. The monoisotopic (exact) mass is 278 g/mol. The number of fused-ring (bicyclic) bond motifs is 1. The highest BCUT2D eigenvalue weighted by Crippen LogP contribution is 2.18. The lowest BCUT2D eigenvalue weighted by atomic mass is 10.1. The number of aliphatic hydroxyl groups excluding tert-OH is 1. The fraction of sp³-hybridized carbons (Fsp3) is 0.286. The van der Waals surface area contributed by atoms with E-state index in [1.165, 1.54) is 0 Å². The number of pyridine rings is 1. The Balaban J connectivity index is 2.33. The summed E-state index contributed by atoms with van der Waals surface area (Å²) < 4.78 is 0. The zero-order valence-corrected chi connectivity index (χ0v) is 11.5. The predicted molar refractivity (Wildman–Crippen MR) is 75.4 cm³/mol. The molecule has 2 aromatic rings. The lowest BCUT2D eigenvalue weighted by Crippen LogP contribution is -2.46. The number of rotatable bonds is 3. The quantitative estimate of drug-likeness (QED) is 0.906. The number of nitrogens with one attached hydrogen (secondary N) is 1. The Morgan fingerprint density at radius 3 is 2.74 bits per heavy atom. The maximum atomic E-state index is 12.0. The first kappa shape index (κ1) is 13.8. The minimum absolute atomic E-state index is 0.141. The molecule has 0 saturated carbocycles. The Labute approximate surface area is 116 Å². The van der Waals surface area contributed by atoms with Crippen molar-refractivity contribution in [1.29, 1.82) is 0 Å². The molecule has 1 heterocycles. The number of carbonyl (C=O) groups is 1. The average Bonchev–Trinajstić information content (AvgIpc) is 2.37. The van der Waals surface area contributed by atoms with Gasteiger partial charge in [-0.25, -0.2) is 4.98 Å². The van der Waals surface area contributed by atoms with E-state index in [-0.39, 0.29) is 12.5 Å². The molecule has 0 aliphatic carbocycles. The Kier molecular flexibility index (Phi) is 3.73. The van der Waals surface area contributed by atoms with Gasteiger partial charge in [0.25, 0.3) is 5.91 Å². The van der Waals surface area contributed by atoms with Crippen molar-refractivity contribution in [3.63, 3.8) is 0 Å². The van der Waals surface area contributed by atoms with Crippen molar-refractivity contribution in [3.05, 3.63) is 41.0 Å². The van der Waals surface area contributed by atoms with E-state index in [2.05, 4.69) is 10.3 Å². The number of hydrogen-bond acceptors (Lipinski definition) is 3. The van der Waals surface area contributed by atoms with Gasteiger partial charge in [-0.15, -0.1) is 0 Å². The molecule has 1 aromatic carbocycles. The average molecular weight is 279 g/mol. The van der Waals surface area contributed by atoms with Crippen molar-refractivity contribution in [2.75, 3.05) is 6.61 Å². The molecule has 0 bridgehead atoms. The second kappa shape index (κ2) is 5.15. The maximum Gasteiger partial charge on any atom is 0.270 e. The standard InChI is InChI=1S/C14H15ClN2O2/c1-14(2,8-18)17-13(19)11-6-4-9-3-5-10(15)7-12(9)16-11/h3-7,18H,8H2,1-2H3,(H,17,19). The van der Waals surface area contributed by atoms with Gasteiger partial charge in [0, 0.05) is 10.4 Å². The minimum Gasteiger partial charge on any atom is -0.394 e. The molecule has 0 aliphatic rings. The fourth-order valence-electron chi connectivity index (χ4n) is 1.63. The first-order valence-electron chi connectivity index (χ1n) is 5.91. The lowest BCUT2D eigenvalue weighted by Gasteiger charge is -2.23. The van der Waals surface area contributed by atoms with Gasteiger partial charge in [0.05, 0.1) is 17.7 Å². The van der Waals surface area contributed by atoms with Crippen LogP contribution in [0, 0.1) is 0 Å². The molecule has 2 N–H and O–H groups in total. The Morgan fingerprint density at radius 1 is 1.37 bits per heavy atom. The SMILES string of the molecule is CC(C)(CO)NC(=O)c1ccc2ccc(Cl)cc2n1. The van der Waals surface area contributed by atoms with Gasteiger partial charge < -0.3 is 10.4 Å². The van der Waals surface area contributed by atoms with E-state index >= 15 is 0 Å². The maximum absolute atomic E-state index is 12.0. The zero-order valence-electron chi connectivity index (χ0n) is 10.8. The van der Waals surface area contributed by atoms with Crippen molar-refractivity contribution >= 4 is 28.4 Å². The van der Waals surface area contributed by atoms with Gasteiger partial charge in [-0.05, 0) is 32.0 Å². The first-order valence-corrected chi connectivity index (χ1v) is 6.29. The molecule has 19 heavy (non-hydrogen) atoms. The van der Waals surface area contributed by atoms with Crippen LogP contribution in [0.3, 0.4) is 0 Å². The number of halogens is 1. The summed E-state index contributed by atoms with van der Waals surface area (Å²) in [5.41, 5.74) is 0.292. The van der Waals surface area contributed by atoms with Crippen LogP contribution in [0.1, 0.15) is 24.3 Å². The summed E-state index contributed by atoms with van der Waals surface area (Å²) in [5.74, 6) is -0.319. The molecule has 0 aliphatic heterocycles. The van der Waals surface area contributed by atoms with E-state index in [9.17, 15) is 4.79 Å². The van der Waals surface area contributed by atoms with Crippen LogP contribution in [0.4, 0.5) is 0 Å². The number of benzene rings is 1. The minimum atomic E-state index is -0.679. The molecule has 5 heteroatoms. The third-order valence-corrected chi connectivity index (χ3v) is 2.97. The summed E-state index contributed by atoms with van der Waals surface area (Å²) in [6.45, 7) is 3.34. The predicted octanol–water partition coefficient (Wildman–Crippen LogP) is 2.39. The molecule has 0 fully saturated rings. The number of amides is 1. The number of aliphatic hydroxyl groups is 1. The molecule has 100 valence electrons. The third kappa shape index (κ3) is 3.22. The van der Waals surface area contributed by atoms with E-state index in [4.69, 9.17) is 16.7 Å². The Hall–Kier alpha value is -1.65. The molecule has 2 rings (SSSR count). The summed E-state index contributed by atoms with van der Waals surface area (Å²) in [6, 6.07) is 8.81. The van der Waals surface area contributed by atoms with Crippen molar-refractivity contribution in [1.82, 2.24) is 10.3 Å². The van der Waals surface area contributed by atoms with Gasteiger partial charge in [0.1, 0.15) is 5.69 Å². The molecule has 0 unspecified atom stereocenters. The van der Waals surface area contributed by atoms with Crippen LogP contribution in [0.15, 0.2) is 30.3 Å². The van der Waals surface area contributed by atoms with Crippen LogP contribution in [-0.4, -0.2) is 28.1 Å². The van der Waals surface area contributed by atoms with E-state index in [0.717, 1.165) is 5.39 Å². The van der Waals surface area contributed by atoms with Crippen LogP contribution in [-0.2, 0) is 0 Å². The lowest BCUT2D eigenvalue weighted by molar-refractivity contribution is 0.0864. The van der Waals surface area contributed by atoms with Gasteiger partial charge in [-0.3, -0.25) is 4.79 Å². The molecule has 1 amide bonds. The summed E-state index contributed by atoms with van der Waals surface area (Å²) in [7, 11) is 0. The summed E-state index contributed by atoms with van der Waals surface area (Å²) in [6.07, 6.45) is 0. The van der Waals surface area contributed by atoms with Gasteiger partial charge in [0.2, 0.25) is 0 Å². The molecular weight excluding hydrogens is 264 g/mol. The molecule has 1 aromatic heterocycles. The molecule has 0 atom stereocenters. The molecule has 0 radical (unpaired) electrons. The highest BCUT2D eigenvalue weighted by molar-refractivity contribution is 6.31. The molecule has 4 nitrogen and oxygen atoms in total. The molecule has 0 spiro atoms. The van der Waals surface area contributed by atoms with E-state index in [1.807, 2.05) is 12.1 Å².